The molecule has 0 aromatic heterocycles. The van der Waals surface area contributed by atoms with Crippen LogP contribution in [-0.4, -0.2) is 47.0 Å². The van der Waals surface area contributed by atoms with E-state index in [9.17, 15) is 31.1 Å². The SMILES string of the molecule is CCCCCC(C(=O)C(CCCCC)C(O[Si](C)(C)C)C(F)(F)F)C(O[Si](C)(C)C)C(F)(F)F. The van der Waals surface area contributed by atoms with Crippen LogP contribution in [0.1, 0.15) is 65.2 Å². The predicted molar refractivity (Wildman–Crippen MR) is 129 cm³/mol. The van der Waals surface area contributed by atoms with Crippen molar-refractivity contribution < 1.29 is 40.0 Å². The highest BCUT2D eigenvalue weighted by atomic mass is 28.4. The molecule has 0 saturated carbocycles. The molecule has 0 aliphatic rings. The minimum Gasteiger partial charge on any atom is -0.405 e. The van der Waals surface area contributed by atoms with Gasteiger partial charge in [0.2, 0.25) is 0 Å². The summed E-state index contributed by atoms with van der Waals surface area (Å²) in [6, 6.07) is 0. The highest BCUT2D eigenvalue weighted by molar-refractivity contribution is 6.70. The van der Waals surface area contributed by atoms with Crippen LogP contribution >= 0.6 is 0 Å². The smallest absolute Gasteiger partial charge is 0.405 e. The van der Waals surface area contributed by atoms with E-state index in [2.05, 4.69) is 0 Å². The average molecular weight is 539 g/mol. The monoisotopic (exact) mass is 538 g/mol. The van der Waals surface area contributed by atoms with Crippen LogP contribution < -0.4 is 0 Å². The molecule has 0 aromatic rings. The molecule has 0 heterocycles. The molecular weight excluding hydrogens is 494 g/mol. The third kappa shape index (κ3) is 13.1. The molecule has 0 aromatic carbocycles. The molecule has 3 nitrogen and oxygen atoms in total. The largest absolute Gasteiger partial charge is 0.414 e. The fourth-order valence-electron chi connectivity index (χ4n) is 3.91. The lowest BCUT2D eigenvalue weighted by molar-refractivity contribution is -0.225. The molecule has 34 heavy (non-hydrogen) atoms. The van der Waals surface area contributed by atoms with E-state index in [1.807, 2.05) is 13.8 Å². The Morgan fingerprint density at radius 1 is 0.647 bits per heavy atom. The van der Waals surface area contributed by atoms with Gasteiger partial charge in [-0.1, -0.05) is 52.4 Å². The molecule has 4 unspecified atom stereocenters. The van der Waals surface area contributed by atoms with Crippen molar-refractivity contribution in [1.29, 1.82) is 0 Å². The van der Waals surface area contributed by atoms with Crippen molar-refractivity contribution >= 4 is 22.4 Å². The van der Waals surface area contributed by atoms with Gasteiger partial charge in [-0.15, -0.1) is 0 Å². The van der Waals surface area contributed by atoms with Crippen LogP contribution in [0.4, 0.5) is 26.3 Å². The first kappa shape index (κ1) is 33.6. The van der Waals surface area contributed by atoms with Crippen LogP contribution in [0.3, 0.4) is 0 Å². The van der Waals surface area contributed by atoms with Gasteiger partial charge in [-0.05, 0) is 52.1 Å². The molecule has 204 valence electrons. The van der Waals surface area contributed by atoms with Gasteiger partial charge in [0.15, 0.2) is 28.8 Å². The Morgan fingerprint density at radius 2 is 0.941 bits per heavy atom. The number of hydrogen-bond donors (Lipinski definition) is 0. The van der Waals surface area contributed by atoms with Crippen LogP contribution in [0.15, 0.2) is 0 Å². The Kier molecular flexibility index (Phi) is 13.6. The molecule has 0 amide bonds. The first-order valence-electron chi connectivity index (χ1n) is 12.3. The van der Waals surface area contributed by atoms with Gasteiger partial charge in [0.05, 0.1) is 11.8 Å². The van der Waals surface area contributed by atoms with E-state index in [1.54, 1.807) is 39.3 Å². The number of Topliss-reactive ketones (excluding diaryl/α,β-unsaturated/α-hetero) is 1. The second-order valence-electron chi connectivity index (χ2n) is 11.0. The maximum absolute atomic E-state index is 14.1. The first-order valence-corrected chi connectivity index (χ1v) is 19.1. The van der Waals surface area contributed by atoms with E-state index in [0.29, 0.717) is 38.5 Å². The van der Waals surface area contributed by atoms with Crippen LogP contribution in [0.25, 0.3) is 0 Å². The van der Waals surface area contributed by atoms with Gasteiger partial charge in [0.1, 0.15) is 5.78 Å². The lowest BCUT2D eigenvalue weighted by atomic mass is 9.79. The number of carbonyl (C=O) groups excluding carboxylic acids is 1. The number of ketones is 1. The third-order valence-corrected chi connectivity index (χ3v) is 7.23. The van der Waals surface area contributed by atoms with E-state index in [1.165, 1.54) is 0 Å². The number of halogens is 6. The zero-order valence-electron chi connectivity index (χ0n) is 22.0. The molecule has 0 N–H and O–H groups in total. The number of hydrogen-bond acceptors (Lipinski definition) is 3. The molecule has 4 atom stereocenters. The maximum atomic E-state index is 14.1. The van der Waals surface area contributed by atoms with Crippen molar-refractivity contribution in [3.8, 4) is 0 Å². The fourth-order valence-corrected chi connectivity index (χ4v) is 6.02. The first-order chi connectivity index (χ1) is 15.2. The maximum Gasteiger partial charge on any atom is 0.414 e. The summed E-state index contributed by atoms with van der Waals surface area (Å²) in [6.07, 6.45) is -11.7. The van der Waals surface area contributed by atoms with Gasteiger partial charge < -0.3 is 8.85 Å². The zero-order valence-corrected chi connectivity index (χ0v) is 24.0. The highest BCUT2D eigenvalue weighted by Gasteiger charge is 2.55. The lowest BCUT2D eigenvalue weighted by Gasteiger charge is -2.38. The van der Waals surface area contributed by atoms with Crippen LogP contribution in [0, 0.1) is 11.8 Å². The number of rotatable bonds is 16. The van der Waals surface area contributed by atoms with Gasteiger partial charge in [-0.2, -0.15) is 26.3 Å². The average Bonchev–Trinajstić information content (AvgIpc) is 2.62. The quantitative estimate of drug-likeness (QED) is 0.112. The molecule has 0 spiro atoms. The lowest BCUT2D eigenvalue weighted by Crippen LogP contribution is -2.53. The summed E-state index contributed by atoms with van der Waals surface area (Å²) in [4.78, 5) is 13.7. The standard InChI is InChI=1S/C23H44F6O3Si2/c1-9-11-13-15-17(20(22(24,25)26)31-33(3,4)5)19(30)18(16-14-12-10-2)21(23(27,28)29)32-34(6,7)8/h17-18,20-21H,9-16H2,1-8H3. The molecule has 0 aliphatic carbocycles. The summed E-state index contributed by atoms with van der Waals surface area (Å²) < 4.78 is 95.7. The number of unbranched alkanes of at least 4 members (excludes halogenated alkanes) is 4. The van der Waals surface area contributed by atoms with Crippen LogP contribution in [0.5, 0.6) is 0 Å². The second-order valence-corrected chi connectivity index (χ2v) is 19.9. The summed E-state index contributed by atoms with van der Waals surface area (Å²) in [5.74, 6) is -4.42. The normalized spacial score (nSPS) is 17.4. The Balaban J connectivity index is 6.51. The minimum absolute atomic E-state index is 0.164. The van der Waals surface area contributed by atoms with Crippen molar-refractivity contribution in [1.82, 2.24) is 0 Å². The molecule has 0 radical (unpaired) electrons. The van der Waals surface area contributed by atoms with Gasteiger partial charge >= 0.3 is 12.4 Å². The molecule has 0 saturated heterocycles. The summed E-state index contributed by atoms with van der Waals surface area (Å²) in [6.45, 7) is 13.2. The summed E-state index contributed by atoms with van der Waals surface area (Å²) in [7, 11) is -5.55. The number of alkyl halides is 6. The Labute approximate surface area is 203 Å². The van der Waals surface area contributed by atoms with Gasteiger partial charge in [0, 0.05) is 0 Å². The van der Waals surface area contributed by atoms with E-state index in [4.69, 9.17) is 8.85 Å². The molecule has 0 aliphatic heterocycles. The van der Waals surface area contributed by atoms with Crippen LogP contribution in [0.2, 0.25) is 39.3 Å². The van der Waals surface area contributed by atoms with Gasteiger partial charge in [0.25, 0.3) is 0 Å². The molecule has 0 bridgehead atoms. The van der Waals surface area contributed by atoms with E-state index < -0.39 is 58.8 Å². The summed E-state index contributed by atoms with van der Waals surface area (Å²) in [5, 5.41) is 0. The molecule has 0 fully saturated rings. The van der Waals surface area contributed by atoms with Crippen molar-refractivity contribution in [3.05, 3.63) is 0 Å². The highest BCUT2D eigenvalue weighted by Crippen LogP contribution is 2.40. The topological polar surface area (TPSA) is 35.5 Å². The summed E-state index contributed by atoms with van der Waals surface area (Å²) >= 11 is 0. The van der Waals surface area contributed by atoms with Crippen molar-refractivity contribution in [2.45, 2.75) is 129 Å². The fraction of sp³-hybridized carbons (Fsp3) is 0.957. The van der Waals surface area contributed by atoms with Crippen molar-refractivity contribution in [2.24, 2.45) is 11.8 Å². The minimum atomic E-state index is -4.87. The van der Waals surface area contributed by atoms with Crippen molar-refractivity contribution in [3.63, 3.8) is 0 Å². The predicted octanol–water partition coefficient (Wildman–Crippen LogP) is 8.51. The van der Waals surface area contributed by atoms with Crippen molar-refractivity contribution in [2.75, 3.05) is 0 Å². The molecule has 11 heteroatoms. The summed E-state index contributed by atoms with van der Waals surface area (Å²) in [5.41, 5.74) is 0. The third-order valence-electron chi connectivity index (χ3n) is 5.31. The Bertz CT molecular complexity index is 547. The van der Waals surface area contributed by atoms with Crippen LogP contribution in [-0.2, 0) is 13.6 Å². The number of carbonyl (C=O) groups is 1. The van der Waals surface area contributed by atoms with E-state index >= 15 is 0 Å². The van der Waals surface area contributed by atoms with Gasteiger partial charge in [-0.3, -0.25) is 4.79 Å². The van der Waals surface area contributed by atoms with E-state index in [0.717, 1.165) is 0 Å². The van der Waals surface area contributed by atoms with E-state index in [-0.39, 0.29) is 12.8 Å². The second kappa shape index (κ2) is 13.8. The molecule has 0 rings (SSSR count). The molecular formula is C23H44F6O3Si2. The Morgan fingerprint density at radius 3 is 1.15 bits per heavy atom. The van der Waals surface area contributed by atoms with Gasteiger partial charge in [-0.25, -0.2) is 0 Å². The Hall–Kier alpha value is -0.396. The zero-order chi connectivity index (χ0) is 27.0.